The minimum Gasteiger partial charge on any atom is -0.327 e. The lowest BCUT2D eigenvalue weighted by molar-refractivity contribution is 0.0769. The number of terminal acetylenes is 1. The molecule has 0 aromatic heterocycles. The Bertz CT molecular complexity index is 505. The predicted octanol–water partition coefficient (Wildman–Crippen LogP) is 2.96. The smallest absolute Gasteiger partial charge is 0.254 e. The summed E-state index contributed by atoms with van der Waals surface area (Å²) < 4.78 is 13.0. The van der Waals surface area contributed by atoms with Gasteiger partial charge >= 0.3 is 0 Å². The number of carbonyl (C=O) groups is 1. The van der Waals surface area contributed by atoms with Gasteiger partial charge < -0.3 is 4.90 Å². The number of halogens is 2. The molecule has 0 heterocycles. The number of rotatable bonds is 4. The first-order chi connectivity index (χ1) is 8.61. The molecule has 1 fully saturated rings. The Labute approximate surface area is 111 Å². The van der Waals surface area contributed by atoms with E-state index in [-0.39, 0.29) is 17.5 Å². The van der Waals surface area contributed by atoms with Gasteiger partial charge in [-0.15, -0.1) is 6.42 Å². The van der Waals surface area contributed by atoms with Crippen LogP contribution in [-0.4, -0.2) is 23.9 Å². The Hall–Kier alpha value is -1.53. The molecular formula is C14H13ClFNO. The number of amides is 1. The van der Waals surface area contributed by atoms with Crippen molar-refractivity contribution in [2.75, 3.05) is 13.1 Å². The van der Waals surface area contributed by atoms with Crippen molar-refractivity contribution < 1.29 is 9.18 Å². The molecule has 4 heteroatoms. The standard InChI is InChI=1S/C14H13ClFNO/c1-2-7-17(9-10-3-4-10)14(18)11-5-6-13(16)12(15)8-11/h1,5-6,8,10H,3-4,7,9H2. The van der Waals surface area contributed by atoms with Crippen LogP contribution in [-0.2, 0) is 0 Å². The first kappa shape index (κ1) is 12.9. The Balaban J connectivity index is 2.15. The van der Waals surface area contributed by atoms with Gasteiger partial charge in [-0.1, -0.05) is 17.5 Å². The molecule has 1 aliphatic rings. The topological polar surface area (TPSA) is 20.3 Å². The maximum absolute atomic E-state index is 13.0. The molecule has 0 aliphatic heterocycles. The Morgan fingerprint density at radius 3 is 2.83 bits per heavy atom. The predicted molar refractivity (Wildman–Crippen MR) is 68.9 cm³/mol. The second kappa shape index (κ2) is 5.41. The third-order valence-electron chi connectivity index (χ3n) is 2.91. The molecule has 0 atom stereocenters. The van der Waals surface area contributed by atoms with Gasteiger partial charge in [0.05, 0.1) is 11.6 Å². The largest absolute Gasteiger partial charge is 0.327 e. The lowest BCUT2D eigenvalue weighted by Crippen LogP contribution is -2.33. The average molecular weight is 266 g/mol. The van der Waals surface area contributed by atoms with Crippen LogP contribution in [0.15, 0.2) is 18.2 Å². The summed E-state index contributed by atoms with van der Waals surface area (Å²) in [7, 11) is 0. The van der Waals surface area contributed by atoms with Gasteiger partial charge in [0.15, 0.2) is 0 Å². The van der Waals surface area contributed by atoms with E-state index in [1.165, 1.54) is 18.2 Å². The zero-order valence-electron chi connectivity index (χ0n) is 9.83. The van der Waals surface area contributed by atoms with E-state index >= 15 is 0 Å². The number of benzene rings is 1. The molecule has 1 amide bonds. The number of hydrogen-bond donors (Lipinski definition) is 0. The van der Waals surface area contributed by atoms with Crippen LogP contribution < -0.4 is 0 Å². The summed E-state index contributed by atoms with van der Waals surface area (Å²) in [6, 6.07) is 3.97. The second-order valence-electron chi connectivity index (χ2n) is 4.46. The molecule has 0 unspecified atom stereocenters. The quantitative estimate of drug-likeness (QED) is 0.767. The molecule has 0 N–H and O–H groups in total. The molecule has 0 spiro atoms. The fraction of sp³-hybridized carbons (Fsp3) is 0.357. The van der Waals surface area contributed by atoms with Gasteiger partial charge in [-0.25, -0.2) is 4.39 Å². The maximum atomic E-state index is 13.0. The van der Waals surface area contributed by atoms with Crippen molar-refractivity contribution in [3.05, 3.63) is 34.6 Å². The van der Waals surface area contributed by atoms with E-state index in [1.807, 2.05) is 0 Å². The van der Waals surface area contributed by atoms with Gasteiger partial charge in [0.1, 0.15) is 5.82 Å². The third-order valence-corrected chi connectivity index (χ3v) is 3.20. The fourth-order valence-electron chi connectivity index (χ4n) is 1.75. The average Bonchev–Trinajstić information content (AvgIpc) is 3.15. The molecule has 1 aliphatic carbocycles. The first-order valence-electron chi connectivity index (χ1n) is 5.79. The molecule has 1 aromatic rings. The second-order valence-corrected chi connectivity index (χ2v) is 4.87. The van der Waals surface area contributed by atoms with E-state index in [2.05, 4.69) is 5.92 Å². The van der Waals surface area contributed by atoms with E-state index in [1.54, 1.807) is 4.90 Å². The van der Waals surface area contributed by atoms with Gasteiger partial charge in [0.2, 0.25) is 0 Å². The van der Waals surface area contributed by atoms with E-state index < -0.39 is 5.82 Å². The summed E-state index contributed by atoms with van der Waals surface area (Å²) in [6.07, 6.45) is 7.54. The third kappa shape index (κ3) is 3.02. The van der Waals surface area contributed by atoms with Crippen molar-refractivity contribution in [1.82, 2.24) is 4.90 Å². The minimum absolute atomic E-state index is 0.0482. The van der Waals surface area contributed by atoms with Gasteiger partial charge in [0, 0.05) is 12.1 Å². The van der Waals surface area contributed by atoms with E-state index in [4.69, 9.17) is 18.0 Å². The summed E-state index contributed by atoms with van der Waals surface area (Å²) in [4.78, 5) is 13.8. The first-order valence-corrected chi connectivity index (χ1v) is 6.17. The van der Waals surface area contributed by atoms with Crippen LogP contribution in [0.5, 0.6) is 0 Å². The zero-order valence-corrected chi connectivity index (χ0v) is 10.6. The van der Waals surface area contributed by atoms with Crippen LogP contribution in [0.25, 0.3) is 0 Å². The molecule has 1 saturated carbocycles. The van der Waals surface area contributed by atoms with Crippen molar-refractivity contribution in [3.63, 3.8) is 0 Å². The van der Waals surface area contributed by atoms with Crippen molar-refractivity contribution in [1.29, 1.82) is 0 Å². The molecule has 0 bridgehead atoms. The number of carbonyl (C=O) groups excluding carboxylic acids is 1. The molecule has 2 rings (SSSR count). The monoisotopic (exact) mass is 265 g/mol. The van der Waals surface area contributed by atoms with E-state index in [0.29, 0.717) is 18.0 Å². The van der Waals surface area contributed by atoms with Crippen LogP contribution in [0.3, 0.4) is 0 Å². The lowest BCUT2D eigenvalue weighted by atomic mass is 10.2. The fourth-order valence-corrected chi connectivity index (χ4v) is 1.93. The molecule has 0 radical (unpaired) electrons. The van der Waals surface area contributed by atoms with E-state index in [9.17, 15) is 9.18 Å². The normalized spacial score (nSPS) is 14.1. The lowest BCUT2D eigenvalue weighted by Gasteiger charge is -2.20. The maximum Gasteiger partial charge on any atom is 0.254 e. The van der Waals surface area contributed by atoms with Crippen molar-refractivity contribution in [2.24, 2.45) is 5.92 Å². The van der Waals surface area contributed by atoms with Gasteiger partial charge in [-0.3, -0.25) is 4.79 Å². The Morgan fingerprint density at radius 1 is 1.56 bits per heavy atom. The molecule has 94 valence electrons. The Kier molecular flexibility index (Phi) is 3.88. The van der Waals surface area contributed by atoms with Gasteiger partial charge in [-0.05, 0) is 37.0 Å². The van der Waals surface area contributed by atoms with Crippen LogP contribution in [0, 0.1) is 24.1 Å². The summed E-state index contributed by atoms with van der Waals surface area (Å²) in [5.41, 5.74) is 0.373. The van der Waals surface area contributed by atoms with Gasteiger partial charge in [0.25, 0.3) is 5.91 Å². The SMILES string of the molecule is C#CCN(CC1CC1)C(=O)c1ccc(F)c(Cl)c1. The highest BCUT2D eigenvalue weighted by molar-refractivity contribution is 6.31. The molecule has 1 aromatic carbocycles. The highest BCUT2D eigenvalue weighted by Crippen LogP contribution is 2.30. The highest BCUT2D eigenvalue weighted by atomic mass is 35.5. The van der Waals surface area contributed by atoms with Crippen LogP contribution in [0.2, 0.25) is 5.02 Å². The van der Waals surface area contributed by atoms with E-state index in [0.717, 1.165) is 12.8 Å². The van der Waals surface area contributed by atoms with Crippen molar-refractivity contribution in [3.8, 4) is 12.3 Å². The van der Waals surface area contributed by atoms with Crippen LogP contribution in [0.1, 0.15) is 23.2 Å². The summed E-state index contributed by atoms with van der Waals surface area (Å²) >= 11 is 5.67. The molecule has 2 nitrogen and oxygen atoms in total. The minimum atomic E-state index is -0.529. The van der Waals surface area contributed by atoms with Gasteiger partial charge in [-0.2, -0.15) is 0 Å². The van der Waals surface area contributed by atoms with Crippen LogP contribution >= 0.6 is 11.6 Å². The summed E-state index contributed by atoms with van der Waals surface area (Å²) in [5.74, 6) is 2.31. The molecular weight excluding hydrogens is 253 g/mol. The number of hydrogen-bond acceptors (Lipinski definition) is 1. The Morgan fingerprint density at radius 2 is 2.28 bits per heavy atom. The zero-order chi connectivity index (χ0) is 13.1. The van der Waals surface area contributed by atoms with Crippen molar-refractivity contribution in [2.45, 2.75) is 12.8 Å². The van der Waals surface area contributed by atoms with Crippen LogP contribution in [0.4, 0.5) is 4.39 Å². The highest BCUT2D eigenvalue weighted by Gasteiger charge is 2.27. The number of nitrogens with zero attached hydrogens (tertiary/aromatic N) is 1. The van der Waals surface area contributed by atoms with Crippen molar-refractivity contribution >= 4 is 17.5 Å². The molecule has 0 saturated heterocycles. The summed E-state index contributed by atoms with van der Waals surface area (Å²) in [5, 5.41) is -0.0482. The summed E-state index contributed by atoms with van der Waals surface area (Å²) in [6.45, 7) is 0.933. The molecule has 18 heavy (non-hydrogen) atoms.